The predicted molar refractivity (Wildman–Crippen MR) is 95.1 cm³/mol. The summed E-state index contributed by atoms with van der Waals surface area (Å²) >= 11 is 0. The summed E-state index contributed by atoms with van der Waals surface area (Å²) in [6, 6.07) is 7.55. The van der Waals surface area contributed by atoms with E-state index in [0.29, 0.717) is 5.92 Å². The van der Waals surface area contributed by atoms with Gasteiger partial charge in [0, 0.05) is 6.04 Å². The lowest BCUT2D eigenvalue weighted by atomic mass is 9.82. The van der Waals surface area contributed by atoms with Crippen LogP contribution in [0.15, 0.2) is 18.2 Å². The minimum absolute atomic E-state index is 0.682. The number of nitrogens with zero attached hydrogens (tertiary/aromatic N) is 1. The monoisotopic (exact) mass is 313 g/mol. The maximum atomic E-state index is 5.62. The molecule has 0 N–H and O–H groups in total. The van der Waals surface area contributed by atoms with Crippen LogP contribution in [0.3, 0.4) is 0 Å². The number of piperidine rings is 1. The minimum atomic E-state index is 0.682. The van der Waals surface area contributed by atoms with Crippen molar-refractivity contribution in [3.8, 4) is 5.75 Å². The second-order valence-corrected chi connectivity index (χ2v) is 8.23. The Morgan fingerprint density at radius 1 is 0.957 bits per heavy atom. The number of methoxy groups -OCH3 is 1. The molecule has 0 aromatic heterocycles. The summed E-state index contributed by atoms with van der Waals surface area (Å²) in [6.07, 6.45) is 10.1. The van der Waals surface area contributed by atoms with E-state index in [1.165, 1.54) is 69.2 Å². The van der Waals surface area contributed by atoms with E-state index in [-0.39, 0.29) is 0 Å². The van der Waals surface area contributed by atoms with Gasteiger partial charge in [0.05, 0.1) is 7.11 Å². The smallest absolute Gasteiger partial charge is 0.122 e. The molecule has 1 heterocycles. The van der Waals surface area contributed by atoms with E-state index in [1.54, 1.807) is 7.11 Å². The molecule has 0 amide bonds. The van der Waals surface area contributed by atoms with Crippen molar-refractivity contribution in [2.45, 2.75) is 63.8 Å². The number of aryl methyl sites for hydroxylation is 1. The lowest BCUT2D eigenvalue weighted by Crippen LogP contribution is -2.43. The van der Waals surface area contributed by atoms with Gasteiger partial charge in [-0.2, -0.15) is 0 Å². The number of ether oxygens (including phenoxy) is 1. The van der Waals surface area contributed by atoms with Crippen LogP contribution in [-0.2, 0) is 0 Å². The summed E-state index contributed by atoms with van der Waals surface area (Å²) in [6.45, 7) is 4.76. The molecule has 2 nitrogen and oxygen atoms in total. The van der Waals surface area contributed by atoms with E-state index >= 15 is 0 Å². The molecule has 2 saturated carbocycles. The molecule has 1 aliphatic heterocycles. The van der Waals surface area contributed by atoms with E-state index in [9.17, 15) is 0 Å². The van der Waals surface area contributed by atoms with Crippen molar-refractivity contribution in [1.29, 1.82) is 0 Å². The summed E-state index contributed by atoms with van der Waals surface area (Å²) in [5.41, 5.74) is 2.79. The third-order valence-electron chi connectivity index (χ3n) is 6.73. The number of hydrogen-bond acceptors (Lipinski definition) is 2. The molecule has 126 valence electrons. The third kappa shape index (κ3) is 3.15. The van der Waals surface area contributed by atoms with Crippen molar-refractivity contribution < 1.29 is 4.74 Å². The molecule has 0 radical (unpaired) electrons. The van der Waals surface area contributed by atoms with E-state index in [0.717, 1.165) is 23.6 Å². The molecule has 2 bridgehead atoms. The lowest BCUT2D eigenvalue weighted by molar-refractivity contribution is 0.0980. The summed E-state index contributed by atoms with van der Waals surface area (Å²) < 4.78 is 5.62. The highest BCUT2D eigenvalue weighted by Gasteiger charge is 2.37. The number of fused-ring (bicyclic) bond motifs is 2. The fraction of sp³-hybridized carbons (Fsp3) is 0.714. The number of likely N-dealkylation sites (tertiary alicyclic amines) is 1. The summed E-state index contributed by atoms with van der Waals surface area (Å²) in [4.78, 5) is 2.82. The van der Waals surface area contributed by atoms with Gasteiger partial charge >= 0.3 is 0 Å². The average Bonchev–Trinajstić information content (AvgIpc) is 2.93. The molecule has 1 aromatic carbocycles. The molecule has 3 fully saturated rings. The van der Waals surface area contributed by atoms with Gasteiger partial charge in [-0.1, -0.05) is 30.5 Å². The van der Waals surface area contributed by atoms with Crippen LogP contribution < -0.4 is 4.74 Å². The Balaban J connectivity index is 1.40. The highest BCUT2D eigenvalue weighted by Crippen LogP contribution is 2.44. The molecule has 2 heteroatoms. The van der Waals surface area contributed by atoms with Gasteiger partial charge in [-0.25, -0.2) is 0 Å². The molecule has 1 aromatic rings. The van der Waals surface area contributed by atoms with Gasteiger partial charge in [0.25, 0.3) is 0 Å². The molecule has 23 heavy (non-hydrogen) atoms. The number of rotatable bonds is 3. The van der Waals surface area contributed by atoms with Crippen LogP contribution in [0.5, 0.6) is 5.75 Å². The second-order valence-electron chi connectivity index (χ2n) is 8.23. The van der Waals surface area contributed by atoms with Crippen molar-refractivity contribution >= 4 is 0 Å². The largest absolute Gasteiger partial charge is 0.496 e. The van der Waals surface area contributed by atoms with Crippen LogP contribution >= 0.6 is 0 Å². The quantitative estimate of drug-likeness (QED) is 0.797. The Kier molecular flexibility index (Phi) is 4.36. The van der Waals surface area contributed by atoms with E-state index in [4.69, 9.17) is 4.74 Å². The van der Waals surface area contributed by atoms with Crippen molar-refractivity contribution in [3.63, 3.8) is 0 Å². The maximum Gasteiger partial charge on any atom is 0.122 e. The highest BCUT2D eigenvalue weighted by molar-refractivity contribution is 5.39. The first kappa shape index (κ1) is 15.5. The van der Waals surface area contributed by atoms with Crippen molar-refractivity contribution in [2.75, 3.05) is 20.2 Å². The first-order valence-corrected chi connectivity index (χ1v) is 9.61. The van der Waals surface area contributed by atoms with Crippen LogP contribution in [-0.4, -0.2) is 31.1 Å². The van der Waals surface area contributed by atoms with Gasteiger partial charge in [0.1, 0.15) is 5.75 Å². The Morgan fingerprint density at radius 2 is 1.65 bits per heavy atom. The molecule has 3 aliphatic rings. The summed E-state index contributed by atoms with van der Waals surface area (Å²) in [7, 11) is 1.81. The minimum Gasteiger partial charge on any atom is -0.496 e. The number of benzene rings is 1. The maximum absolute atomic E-state index is 5.62. The second kappa shape index (κ2) is 6.47. The number of hydrogen-bond donors (Lipinski definition) is 0. The molecule has 4 rings (SSSR count). The van der Waals surface area contributed by atoms with Crippen LogP contribution in [0.2, 0.25) is 0 Å². The van der Waals surface area contributed by atoms with Gasteiger partial charge in [-0.15, -0.1) is 0 Å². The Labute approximate surface area is 141 Å². The molecule has 0 spiro atoms. The van der Waals surface area contributed by atoms with Gasteiger partial charge in [0.15, 0.2) is 0 Å². The average molecular weight is 313 g/mol. The third-order valence-corrected chi connectivity index (χ3v) is 6.73. The fourth-order valence-corrected chi connectivity index (χ4v) is 5.52. The predicted octanol–water partition coefficient (Wildman–Crippen LogP) is 4.76. The van der Waals surface area contributed by atoms with Crippen molar-refractivity contribution in [2.24, 2.45) is 11.8 Å². The van der Waals surface area contributed by atoms with E-state index < -0.39 is 0 Å². The standard InChI is InChI=1S/C21H31NO/c1-15-3-6-21(23-2)20(11-15)18-7-9-22(10-8-18)19-13-16-4-5-17(12-16)14-19/h3,6,11,16-19H,4-5,7-10,12-14H2,1-2H3/t16-,17-/m0/s1. The van der Waals surface area contributed by atoms with Crippen LogP contribution in [0, 0.1) is 18.8 Å². The van der Waals surface area contributed by atoms with Crippen molar-refractivity contribution in [3.05, 3.63) is 29.3 Å². The Bertz CT molecular complexity index is 535. The zero-order valence-corrected chi connectivity index (χ0v) is 14.8. The van der Waals surface area contributed by atoms with Gasteiger partial charge in [0.2, 0.25) is 0 Å². The highest BCUT2D eigenvalue weighted by atomic mass is 16.5. The molecule has 2 atom stereocenters. The summed E-state index contributed by atoms with van der Waals surface area (Å²) in [5, 5.41) is 0. The van der Waals surface area contributed by atoms with Crippen molar-refractivity contribution in [1.82, 2.24) is 4.90 Å². The Morgan fingerprint density at radius 3 is 2.30 bits per heavy atom. The van der Waals surface area contributed by atoms with E-state index in [2.05, 4.69) is 30.0 Å². The summed E-state index contributed by atoms with van der Waals surface area (Å²) in [5.74, 6) is 3.87. The topological polar surface area (TPSA) is 12.5 Å². The van der Waals surface area contributed by atoms with Gasteiger partial charge < -0.3 is 9.64 Å². The van der Waals surface area contributed by atoms with Gasteiger partial charge in [-0.05, 0) is 81.5 Å². The molecule has 1 saturated heterocycles. The van der Waals surface area contributed by atoms with Crippen LogP contribution in [0.1, 0.15) is 62.0 Å². The van der Waals surface area contributed by atoms with Crippen LogP contribution in [0.4, 0.5) is 0 Å². The fourth-order valence-electron chi connectivity index (χ4n) is 5.52. The SMILES string of the molecule is COc1ccc(C)cc1C1CCN(C2C[C@H]3CC[C@H](C2)C3)CC1. The Hall–Kier alpha value is -1.02. The normalized spacial score (nSPS) is 32.2. The molecule has 0 unspecified atom stereocenters. The zero-order chi connectivity index (χ0) is 15.8. The van der Waals surface area contributed by atoms with E-state index in [1.807, 2.05) is 0 Å². The molecular formula is C21H31NO. The van der Waals surface area contributed by atoms with Crippen LogP contribution in [0.25, 0.3) is 0 Å². The first-order valence-electron chi connectivity index (χ1n) is 9.61. The first-order chi connectivity index (χ1) is 11.2. The zero-order valence-electron chi connectivity index (χ0n) is 14.8. The van der Waals surface area contributed by atoms with Gasteiger partial charge in [-0.3, -0.25) is 0 Å². The lowest BCUT2D eigenvalue weighted by Gasteiger charge is -2.41. The molecule has 2 aliphatic carbocycles. The molecular weight excluding hydrogens is 282 g/mol.